The Morgan fingerprint density at radius 2 is 1.86 bits per heavy atom. The standard InChI is InChI=1S/C23H41N5O/c1-7-24-23(25-15-20(5)17-28-12-10-27(6)11-13-28)26-16-21-9-8-19(4)14-22(21)29-18(2)3/h8-9,14,18,20H,7,10-13,15-17H2,1-6H3,(H2,24,25,26). The third-order valence-corrected chi connectivity index (χ3v) is 5.12. The molecule has 2 N–H and O–H groups in total. The first-order chi connectivity index (χ1) is 13.9. The van der Waals surface area contributed by atoms with Gasteiger partial charge in [-0.05, 0) is 52.3 Å². The Labute approximate surface area is 177 Å². The van der Waals surface area contributed by atoms with Gasteiger partial charge in [-0.1, -0.05) is 19.1 Å². The molecule has 0 aliphatic carbocycles. The summed E-state index contributed by atoms with van der Waals surface area (Å²) >= 11 is 0. The van der Waals surface area contributed by atoms with Crippen molar-refractivity contribution in [2.45, 2.75) is 47.3 Å². The number of aryl methyl sites for hydroxylation is 1. The van der Waals surface area contributed by atoms with Gasteiger partial charge in [-0.25, -0.2) is 4.99 Å². The van der Waals surface area contributed by atoms with Crippen LogP contribution in [0.2, 0.25) is 0 Å². The SMILES string of the molecule is CCNC(=NCc1ccc(C)cc1OC(C)C)NCC(C)CN1CCN(C)CC1. The molecule has 0 aromatic heterocycles. The second kappa shape index (κ2) is 12.0. The summed E-state index contributed by atoms with van der Waals surface area (Å²) in [6.07, 6.45) is 0.154. The molecular formula is C23H41N5O. The Balaban J connectivity index is 1.90. The molecule has 164 valence electrons. The van der Waals surface area contributed by atoms with E-state index in [1.54, 1.807) is 0 Å². The topological polar surface area (TPSA) is 52.1 Å². The van der Waals surface area contributed by atoms with E-state index < -0.39 is 0 Å². The summed E-state index contributed by atoms with van der Waals surface area (Å²) in [5, 5.41) is 6.89. The van der Waals surface area contributed by atoms with Crippen LogP contribution in [0.3, 0.4) is 0 Å². The molecule has 0 spiro atoms. The van der Waals surface area contributed by atoms with E-state index in [0.29, 0.717) is 12.5 Å². The normalized spacial score (nSPS) is 17.4. The van der Waals surface area contributed by atoms with E-state index in [-0.39, 0.29) is 6.10 Å². The van der Waals surface area contributed by atoms with Gasteiger partial charge in [-0.2, -0.15) is 0 Å². The second-order valence-electron chi connectivity index (χ2n) is 8.56. The summed E-state index contributed by atoms with van der Waals surface area (Å²) in [7, 11) is 2.20. The minimum atomic E-state index is 0.154. The molecule has 0 bridgehead atoms. The summed E-state index contributed by atoms with van der Waals surface area (Å²) in [6.45, 7) is 18.8. The number of piperazine rings is 1. The molecule has 1 aliphatic heterocycles. The van der Waals surface area contributed by atoms with Gasteiger partial charge in [0.05, 0.1) is 12.6 Å². The van der Waals surface area contributed by atoms with E-state index >= 15 is 0 Å². The number of nitrogens with zero attached hydrogens (tertiary/aromatic N) is 3. The largest absolute Gasteiger partial charge is 0.491 e. The molecule has 0 saturated carbocycles. The predicted molar refractivity (Wildman–Crippen MR) is 123 cm³/mol. The Kier molecular flexibility index (Phi) is 9.74. The molecule has 2 rings (SSSR count). The number of hydrogen-bond donors (Lipinski definition) is 2. The zero-order chi connectivity index (χ0) is 21.2. The quantitative estimate of drug-likeness (QED) is 0.490. The van der Waals surface area contributed by atoms with E-state index in [1.807, 2.05) is 0 Å². The molecular weight excluding hydrogens is 362 g/mol. The molecule has 6 nitrogen and oxygen atoms in total. The van der Waals surface area contributed by atoms with Crippen molar-refractivity contribution in [3.63, 3.8) is 0 Å². The van der Waals surface area contributed by atoms with Gasteiger partial charge in [-0.15, -0.1) is 0 Å². The summed E-state index contributed by atoms with van der Waals surface area (Å²) in [6, 6.07) is 6.34. The number of ether oxygens (including phenoxy) is 1. The molecule has 0 amide bonds. The lowest BCUT2D eigenvalue weighted by Crippen LogP contribution is -2.47. The lowest BCUT2D eigenvalue weighted by Gasteiger charge is -2.34. The number of hydrogen-bond acceptors (Lipinski definition) is 4. The van der Waals surface area contributed by atoms with Crippen molar-refractivity contribution in [1.29, 1.82) is 0 Å². The van der Waals surface area contributed by atoms with Crippen molar-refractivity contribution < 1.29 is 4.74 Å². The molecule has 29 heavy (non-hydrogen) atoms. The van der Waals surface area contributed by atoms with Gasteiger partial charge in [0, 0.05) is 51.4 Å². The zero-order valence-electron chi connectivity index (χ0n) is 19.3. The lowest BCUT2D eigenvalue weighted by atomic mass is 10.1. The molecule has 1 unspecified atom stereocenters. The molecule has 1 heterocycles. The lowest BCUT2D eigenvalue weighted by molar-refractivity contribution is 0.139. The minimum Gasteiger partial charge on any atom is -0.491 e. The number of guanidine groups is 1. The van der Waals surface area contributed by atoms with Crippen LogP contribution in [0.5, 0.6) is 5.75 Å². The van der Waals surface area contributed by atoms with E-state index in [4.69, 9.17) is 9.73 Å². The highest BCUT2D eigenvalue weighted by Crippen LogP contribution is 2.22. The highest BCUT2D eigenvalue weighted by molar-refractivity contribution is 5.79. The van der Waals surface area contributed by atoms with Gasteiger partial charge in [0.15, 0.2) is 5.96 Å². The van der Waals surface area contributed by atoms with Crippen LogP contribution in [-0.4, -0.2) is 74.7 Å². The average Bonchev–Trinajstić information content (AvgIpc) is 2.66. The summed E-state index contributed by atoms with van der Waals surface area (Å²) in [4.78, 5) is 9.77. The monoisotopic (exact) mass is 403 g/mol. The molecule has 1 atom stereocenters. The maximum absolute atomic E-state index is 5.99. The van der Waals surface area contributed by atoms with E-state index in [9.17, 15) is 0 Å². The smallest absolute Gasteiger partial charge is 0.191 e. The third-order valence-electron chi connectivity index (χ3n) is 5.12. The summed E-state index contributed by atoms with van der Waals surface area (Å²) in [5.41, 5.74) is 2.32. The molecule has 1 aromatic carbocycles. The first-order valence-corrected chi connectivity index (χ1v) is 11.1. The predicted octanol–water partition coefficient (Wildman–Crippen LogP) is 2.72. The maximum atomic E-state index is 5.99. The van der Waals surface area contributed by atoms with Gasteiger partial charge in [-0.3, -0.25) is 0 Å². The van der Waals surface area contributed by atoms with Crippen molar-refractivity contribution in [3.05, 3.63) is 29.3 Å². The van der Waals surface area contributed by atoms with Crippen molar-refractivity contribution in [3.8, 4) is 5.75 Å². The van der Waals surface area contributed by atoms with Crippen LogP contribution < -0.4 is 15.4 Å². The van der Waals surface area contributed by atoms with Crippen molar-refractivity contribution >= 4 is 5.96 Å². The van der Waals surface area contributed by atoms with Gasteiger partial charge < -0.3 is 25.2 Å². The van der Waals surface area contributed by atoms with Crippen LogP contribution >= 0.6 is 0 Å². The van der Waals surface area contributed by atoms with Crippen LogP contribution in [-0.2, 0) is 6.54 Å². The molecule has 1 fully saturated rings. The van der Waals surface area contributed by atoms with E-state index in [2.05, 4.69) is 80.3 Å². The van der Waals surface area contributed by atoms with Crippen molar-refractivity contribution in [2.24, 2.45) is 10.9 Å². The van der Waals surface area contributed by atoms with Gasteiger partial charge in [0.25, 0.3) is 0 Å². The molecule has 1 saturated heterocycles. The molecule has 1 aliphatic rings. The fraction of sp³-hybridized carbons (Fsp3) is 0.696. The van der Waals surface area contributed by atoms with Crippen LogP contribution in [0, 0.1) is 12.8 Å². The Morgan fingerprint density at radius 3 is 2.52 bits per heavy atom. The summed E-state index contributed by atoms with van der Waals surface area (Å²) in [5.74, 6) is 2.37. The first-order valence-electron chi connectivity index (χ1n) is 11.1. The fourth-order valence-corrected chi connectivity index (χ4v) is 3.47. The number of aliphatic imine (C=N–C) groups is 1. The van der Waals surface area contributed by atoms with Crippen LogP contribution in [0.25, 0.3) is 0 Å². The fourth-order valence-electron chi connectivity index (χ4n) is 3.47. The highest BCUT2D eigenvalue weighted by atomic mass is 16.5. The van der Waals surface area contributed by atoms with Crippen LogP contribution in [0.4, 0.5) is 0 Å². The van der Waals surface area contributed by atoms with Crippen LogP contribution in [0.15, 0.2) is 23.2 Å². The van der Waals surface area contributed by atoms with Crippen molar-refractivity contribution in [2.75, 3.05) is 52.9 Å². The Bertz CT molecular complexity index is 638. The highest BCUT2D eigenvalue weighted by Gasteiger charge is 2.16. The number of nitrogens with one attached hydrogen (secondary N) is 2. The Morgan fingerprint density at radius 1 is 1.14 bits per heavy atom. The third kappa shape index (κ3) is 8.62. The van der Waals surface area contributed by atoms with E-state index in [1.165, 1.54) is 31.7 Å². The second-order valence-corrected chi connectivity index (χ2v) is 8.56. The van der Waals surface area contributed by atoms with Crippen LogP contribution in [0.1, 0.15) is 38.8 Å². The summed E-state index contributed by atoms with van der Waals surface area (Å²) < 4.78 is 5.99. The minimum absolute atomic E-state index is 0.154. The number of rotatable bonds is 9. The van der Waals surface area contributed by atoms with Gasteiger partial charge in [0.1, 0.15) is 5.75 Å². The molecule has 0 radical (unpaired) electrons. The van der Waals surface area contributed by atoms with Gasteiger partial charge >= 0.3 is 0 Å². The average molecular weight is 404 g/mol. The number of benzene rings is 1. The molecule has 1 aromatic rings. The zero-order valence-corrected chi connectivity index (χ0v) is 19.3. The first kappa shape index (κ1) is 23.5. The molecule has 6 heteroatoms. The number of likely N-dealkylation sites (N-methyl/N-ethyl adjacent to an activating group) is 1. The Hall–Kier alpha value is -1.79. The maximum Gasteiger partial charge on any atom is 0.191 e. The van der Waals surface area contributed by atoms with Crippen molar-refractivity contribution in [1.82, 2.24) is 20.4 Å². The van der Waals surface area contributed by atoms with E-state index in [0.717, 1.165) is 36.9 Å². The van der Waals surface area contributed by atoms with Gasteiger partial charge in [0.2, 0.25) is 0 Å².